The van der Waals surface area contributed by atoms with E-state index >= 15 is 0 Å². The number of aldehydes is 1. The highest BCUT2D eigenvalue weighted by Crippen LogP contribution is 2.29. The van der Waals surface area contributed by atoms with Gasteiger partial charge in [-0.15, -0.1) is 0 Å². The fourth-order valence-electron chi connectivity index (χ4n) is 4.23. The van der Waals surface area contributed by atoms with Crippen molar-refractivity contribution in [1.29, 1.82) is 0 Å². The molecular weight excluding hydrogens is 739 g/mol. The number of hydrogen-bond donors (Lipinski definition) is 1. The van der Waals surface area contributed by atoms with Crippen LogP contribution in [0.15, 0.2) is 165 Å². The van der Waals surface area contributed by atoms with E-state index in [0.29, 0.717) is 16.3 Å². The van der Waals surface area contributed by atoms with Crippen LogP contribution in [-0.2, 0) is 19.7 Å². The van der Waals surface area contributed by atoms with Gasteiger partial charge < -0.3 is 9.40 Å². The first-order valence-corrected chi connectivity index (χ1v) is 18.8. The average Bonchev–Trinajstić information content (AvgIpc) is 3.92. The average molecular weight is 782 g/mol. The lowest BCUT2D eigenvalue weighted by molar-refractivity contribution is 0.111. The van der Waals surface area contributed by atoms with Gasteiger partial charge in [-0.2, -0.15) is 0 Å². The van der Waals surface area contributed by atoms with Gasteiger partial charge in [0.15, 0.2) is 28.3 Å². The van der Waals surface area contributed by atoms with E-state index in [0.717, 1.165) is 35.2 Å². The number of carbonyl (C=O) groups is 1. The molecule has 0 unspecified atom stereocenters. The second-order valence-electron chi connectivity index (χ2n) is 10.9. The largest absolute Gasteiger partial charge is 0.440 e. The van der Waals surface area contributed by atoms with E-state index in [4.69, 9.17) is 4.42 Å². The summed E-state index contributed by atoms with van der Waals surface area (Å²) >= 11 is 0. The van der Waals surface area contributed by atoms with Gasteiger partial charge in [0.05, 0.1) is 33.7 Å². The van der Waals surface area contributed by atoms with Crippen LogP contribution in [0, 0.1) is 13.8 Å². The minimum Gasteiger partial charge on any atom is -0.440 e. The topological polar surface area (TPSA) is 191 Å². The third-order valence-corrected chi connectivity index (χ3v) is 10.1. The van der Waals surface area contributed by atoms with Crippen molar-refractivity contribution in [3.8, 4) is 22.8 Å². The molecule has 0 aliphatic heterocycles. The maximum Gasteiger partial charge on any atom is 0.227 e. The molecule has 0 aliphatic rings. The van der Waals surface area contributed by atoms with Gasteiger partial charge in [-0.1, -0.05) is 68.4 Å². The number of H-pyrrole nitrogens is 1. The molecule has 15 heteroatoms. The minimum atomic E-state index is -3.74. The summed E-state index contributed by atoms with van der Waals surface area (Å²) in [6.07, 6.45) is 10.2. The predicted molar refractivity (Wildman–Crippen MR) is 214 cm³/mol. The molecule has 7 aromatic rings. The number of imidazole rings is 1. The van der Waals surface area contributed by atoms with Gasteiger partial charge in [-0.05, 0) is 81.2 Å². The molecule has 2 aromatic carbocycles. The number of benzene rings is 2. The molecule has 5 heterocycles. The molecule has 7 rings (SSSR count). The van der Waals surface area contributed by atoms with Crippen molar-refractivity contribution in [2.75, 3.05) is 5.88 Å². The van der Waals surface area contributed by atoms with Gasteiger partial charge in [-0.25, -0.2) is 26.8 Å². The molecule has 0 saturated heterocycles. The molecule has 0 fully saturated rings. The zero-order chi connectivity index (χ0) is 38.1. The Labute approximate surface area is 322 Å². The Kier molecular flexibility index (Phi) is 17.8. The number of aromatic nitrogens is 6. The summed E-state index contributed by atoms with van der Waals surface area (Å²) in [5.41, 5.74) is 4.80. The molecule has 0 bridgehead atoms. The van der Waals surface area contributed by atoms with E-state index in [9.17, 15) is 21.6 Å². The third kappa shape index (κ3) is 13.2. The molecule has 1 N–H and O–H groups in total. The summed E-state index contributed by atoms with van der Waals surface area (Å²) in [5, 5.41) is -0.120. The smallest absolute Gasteiger partial charge is 0.227 e. The monoisotopic (exact) mass is 781 g/mol. The second kappa shape index (κ2) is 21.9. The number of aliphatic imine (C=N–C) groups is 1. The van der Waals surface area contributed by atoms with Gasteiger partial charge in [0.25, 0.3) is 0 Å². The first-order chi connectivity index (χ1) is 25.5. The molecule has 5 aromatic heterocycles. The maximum atomic E-state index is 12.7. The normalized spacial score (nSPS) is 10.2. The van der Waals surface area contributed by atoms with E-state index in [-0.39, 0.29) is 36.4 Å². The van der Waals surface area contributed by atoms with Crippen LogP contribution in [0.1, 0.15) is 36.5 Å². The fourth-order valence-corrected chi connectivity index (χ4v) is 6.46. The van der Waals surface area contributed by atoms with E-state index in [1.165, 1.54) is 0 Å². The van der Waals surface area contributed by atoms with Gasteiger partial charge >= 0.3 is 0 Å². The van der Waals surface area contributed by atoms with E-state index < -0.39 is 19.7 Å². The van der Waals surface area contributed by atoms with Crippen molar-refractivity contribution in [3.05, 3.63) is 157 Å². The highest BCUT2D eigenvalue weighted by atomic mass is 32.2. The maximum absolute atomic E-state index is 12.7. The lowest BCUT2D eigenvalue weighted by atomic mass is 10.2. The van der Waals surface area contributed by atoms with Crippen molar-refractivity contribution in [2.45, 2.75) is 43.5 Å². The molecule has 0 spiro atoms. The molecule has 0 saturated carbocycles. The molecule has 0 amide bonds. The Morgan fingerprint density at radius 3 is 1.71 bits per heavy atom. The van der Waals surface area contributed by atoms with Crippen molar-refractivity contribution >= 4 is 32.7 Å². The Bertz CT molecular complexity index is 2370. The van der Waals surface area contributed by atoms with E-state index in [1.54, 1.807) is 116 Å². The standard InChI is InChI=1S/C15H12N2O3S.C9H11NO2S.C8H7N3.C6H5NO.2CH4/c1-11-5-7-12(8-6-11)21(18,19)15-14(20-10-17-15)13-4-2-3-9-16-13;1-8-3-5-9(6-4-8)13(11,12)7-10-2;1-2-4-10-7(3-1)8-5-9-6-11-8;8-5-6-3-1-2-4-7-6;;/h2-10H,1H3;3-6H,2,7H2,1H3;1-6H,(H,9,11);1-5H;2*1H4. The molecule has 286 valence electrons. The summed E-state index contributed by atoms with van der Waals surface area (Å²) < 4.78 is 53.3. The van der Waals surface area contributed by atoms with Crippen LogP contribution in [0.3, 0.4) is 0 Å². The van der Waals surface area contributed by atoms with Crippen LogP contribution in [0.4, 0.5) is 0 Å². The lowest BCUT2D eigenvalue weighted by Crippen LogP contribution is -2.04. The van der Waals surface area contributed by atoms with Crippen LogP contribution in [0.2, 0.25) is 0 Å². The van der Waals surface area contributed by atoms with Gasteiger partial charge in [-0.3, -0.25) is 24.7 Å². The summed E-state index contributed by atoms with van der Waals surface area (Å²) in [7, 11) is -6.99. The van der Waals surface area contributed by atoms with Gasteiger partial charge in [0.1, 0.15) is 17.3 Å². The Morgan fingerprint density at radius 1 is 0.709 bits per heavy atom. The molecule has 0 radical (unpaired) electrons. The van der Waals surface area contributed by atoms with Crippen molar-refractivity contribution in [2.24, 2.45) is 4.99 Å². The number of aromatic amines is 1. The molecule has 0 atom stereocenters. The molecule has 0 aliphatic carbocycles. The number of aryl methyl sites for hydroxylation is 2. The first kappa shape index (κ1) is 44.7. The molecule has 13 nitrogen and oxygen atoms in total. The Morgan fingerprint density at radius 2 is 1.25 bits per heavy atom. The zero-order valence-electron chi connectivity index (χ0n) is 28.7. The summed E-state index contributed by atoms with van der Waals surface area (Å²) in [5.74, 6) is -0.105. The number of pyridine rings is 3. The molecular formula is C40H43N7O6S2. The summed E-state index contributed by atoms with van der Waals surface area (Å²) in [6.45, 7) is 6.96. The number of nitrogens with one attached hydrogen (secondary N) is 1. The SMILES string of the molecule is C.C.C=NCS(=O)(=O)c1ccc(C)cc1.Cc1ccc(S(=O)(=O)c2ncoc2-c2ccccn2)cc1.O=Cc1ccccn1.c1ccc(-c2cnc[nH]2)nc1. The van der Waals surface area contributed by atoms with Gasteiger partial charge in [0, 0.05) is 18.6 Å². The number of oxazole rings is 1. The second-order valence-corrected chi connectivity index (χ2v) is 14.7. The first-order valence-electron chi connectivity index (χ1n) is 15.7. The van der Waals surface area contributed by atoms with Crippen LogP contribution in [0.5, 0.6) is 0 Å². The van der Waals surface area contributed by atoms with Crippen molar-refractivity contribution < 1.29 is 26.0 Å². The highest BCUT2D eigenvalue weighted by Gasteiger charge is 2.27. The third-order valence-electron chi connectivity index (χ3n) is 6.91. The number of nitrogens with zero attached hydrogens (tertiary/aromatic N) is 6. The highest BCUT2D eigenvalue weighted by molar-refractivity contribution is 7.91. The van der Waals surface area contributed by atoms with Crippen molar-refractivity contribution in [1.82, 2.24) is 29.9 Å². The quantitative estimate of drug-likeness (QED) is 0.116. The zero-order valence-corrected chi connectivity index (χ0v) is 30.4. The van der Waals surface area contributed by atoms with Gasteiger partial charge in [0.2, 0.25) is 14.9 Å². The predicted octanol–water partition coefficient (Wildman–Crippen LogP) is 7.94. The van der Waals surface area contributed by atoms with E-state index in [2.05, 4.69) is 41.6 Å². The number of rotatable bonds is 8. The Balaban J connectivity index is 0.000000267. The van der Waals surface area contributed by atoms with Crippen molar-refractivity contribution in [3.63, 3.8) is 0 Å². The summed E-state index contributed by atoms with van der Waals surface area (Å²) in [4.78, 5) is 36.5. The number of carbonyl (C=O) groups excluding carboxylic acids is 1. The summed E-state index contributed by atoms with van der Waals surface area (Å²) in [6, 6.07) is 29.4. The van der Waals surface area contributed by atoms with Crippen LogP contribution >= 0.6 is 0 Å². The number of sulfone groups is 2. The van der Waals surface area contributed by atoms with Crippen LogP contribution in [0.25, 0.3) is 22.8 Å². The van der Waals surface area contributed by atoms with E-state index in [1.807, 2.05) is 32.0 Å². The number of hydrogen-bond acceptors (Lipinski definition) is 12. The minimum absolute atomic E-state index is 0. The fraction of sp³-hybridized carbons (Fsp3) is 0.125. The molecule has 55 heavy (non-hydrogen) atoms. The lowest BCUT2D eigenvalue weighted by Gasteiger charge is -2.04. The Hall–Kier alpha value is -6.45. The van der Waals surface area contributed by atoms with Crippen LogP contribution < -0.4 is 0 Å². The van der Waals surface area contributed by atoms with Crippen LogP contribution in [-0.4, -0.2) is 65.6 Å².